The standard InChI is InChI=1S/C8H6Br3F/c9-3-5-1-6(11)2-8(12)7(5)4-10/h1-2H,3-4H2. The maximum Gasteiger partial charge on any atom is 0.128 e. The van der Waals surface area contributed by atoms with Gasteiger partial charge in [-0.05, 0) is 17.7 Å². The molecule has 0 aliphatic rings. The van der Waals surface area contributed by atoms with Crippen LogP contribution in [0.1, 0.15) is 11.1 Å². The summed E-state index contributed by atoms with van der Waals surface area (Å²) in [5.41, 5.74) is 1.69. The molecule has 1 rings (SSSR count). The van der Waals surface area contributed by atoms with E-state index in [1.165, 1.54) is 6.07 Å². The zero-order chi connectivity index (χ0) is 9.14. The molecule has 0 spiro atoms. The van der Waals surface area contributed by atoms with Crippen molar-refractivity contribution in [3.05, 3.63) is 33.5 Å². The van der Waals surface area contributed by atoms with Gasteiger partial charge in [0.1, 0.15) is 5.82 Å². The molecule has 0 saturated heterocycles. The first-order valence-electron chi connectivity index (χ1n) is 3.27. The van der Waals surface area contributed by atoms with Crippen LogP contribution in [0.2, 0.25) is 0 Å². The maximum absolute atomic E-state index is 13.2. The minimum absolute atomic E-state index is 0.171. The van der Waals surface area contributed by atoms with Crippen LogP contribution in [0.4, 0.5) is 4.39 Å². The van der Waals surface area contributed by atoms with Gasteiger partial charge in [0.15, 0.2) is 0 Å². The smallest absolute Gasteiger partial charge is 0.128 e. The van der Waals surface area contributed by atoms with Crippen LogP contribution in [0, 0.1) is 5.82 Å². The third kappa shape index (κ3) is 2.30. The van der Waals surface area contributed by atoms with Crippen molar-refractivity contribution in [2.45, 2.75) is 10.7 Å². The van der Waals surface area contributed by atoms with Crippen LogP contribution in [0.3, 0.4) is 0 Å². The number of rotatable bonds is 2. The van der Waals surface area contributed by atoms with Crippen LogP contribution in [0.25, 0.3) is 0 Å². The van der Waals surface area contributed by atoms with Crippen LogP contribution < -0.4 is 0 Å². The molecule has 0 unspecified atom stereocenters. The van der Waals surface area contributed by atoms with Gasteiger partial charge in [-0.15, -0.1) is 0 Å². The fraction of sp³-hybridized carbons (Fsp3) is 0.250. The largest absolute Gasteiger partial charge is 0.207 e. The first-order chi connectivity index (χ1) is 5.69. The fourth-order valence-corrected chi connectivity index (χ4v) is 2.53. The summed E-state index contributed by atoms with van der Waals surface area (Å²) in [6.07, 6.45) is 0. The van der Waals surface area contributed by atoms with E-state index in [2.05, 4.69) is 47.8 Å². The summed E-state index contributed by atoms with van der Waals surface area (Å²) < 4.78 is 14.0. The van der Waals surface area contributed by atoms with Crippen molar-refractivity contribution in [3.63, 3.8) is 0 Å². The Hall–Kier alpha value is 0.590. The molecular formula is C8H6Br3F. The summed E-state index contributed by atoms with van der Waals surface area (Å²) in [6.45, 7) is 0. The summed E-state index contributed by atoms with van der Waals surface area (Å²) in [6, 6.07) is 3.39. The summed E-state index contributed by atoms with van der Waals surface area (Å²) in [4.78, 5) is 0. The number of benzene rings is 1. The van der Waals surface area contributed by atoms with Gasteiger partial charge >= 0.3 is 0 Å². The number of alkyl halides is 2. The Bertz CT molecular complexity index is 286. The molecule has 0 nitrogen and oxygen atoms in total. The molecule has 0 fully saturated rings. The molecule has 0 N–H and O–H groups in total. The summed E-state index contributed by atoms with van der Waals surface area (Å²) in [5, 5.41) is 1.22. The number of hydrogen-bond acceptors (Lipinski definition) is 0. The normalized spacial score (nSPS) is 10.3. The Balaban J connectivity index is 3.24. The van der Waals surface area contributed by atoms with E-state index in [1.807, 2.05) is 6.07 Å². The van der Waals surface area contributed by atoms with Crippen molar-refractivity contribution >= 4 is 47.8 Å². The SMILES string of the molecule is Fc1cc(Br)cc(CBr)c1CBr. The van der Waals surface area contributed by atoms with Gasteiger partial charge in [-0.25, -0.2) is 4.39 Å². The molecule has 0 aromatic heterocycles. The number of halogens is 4. The summed E-state index contributed by atoms with van der Waals surface area (Å²) >= 11 is 9.80. The quantitative estimate of drug-likeness (QED) is 0.687. The predicted molar refractivity (Wildman–Crippen MR) is 59.4 cm³/mol. The van der Waals surface area contributed by atoms with Crippen LogP contribution in [0.5, 0.6) is 0 Å². The lowest BCUT2D eigenvalue weighted by Crippen LogP contribution is -1.93. The molecule has 0 bridgehead atoms. The van der Waals surface area contributed by atoms with Gasteiger partial charge in [0.25, 0.3) is 0 Å². The highest BCUT2D eigenvalue weighted by molar-refractivity contribution is 9.10. The lowest BCUT2D eigenvalue weighted by molar-refractivity contribution is 0.615. The fourth-order valence-electron chi connectivity index (χ4n) is 0.926. The van der Waals surface area contributed by atoms with E-state index in [0.29, 0.717) is 10.7 Å². The summed E-state index contributed by atoms with van der Waals surface area (Å²) in [7, 11) is 0. The van der Waals surface area contributed by atoms with Crippen molar-refractivity contribution in [2.24, 2.45) is 0 Å². The predicted octanol–water partition coefficient (Wildman–Crippen LogP) is 4.38. The van der Waals surface area contributed by atoms with Crippen LogP contribution in [0.15, 0.2) is 16.6 Å². The molecule has 0 saturated carbocycles. The topological polar surface area (TPSA) is 0 Å². The van der Waals surface area contributed by atoms with Crippen molar-refractivity contribution in [1.82, 2.24) is 0 Å². The Labute approximate surface area is 95.9 Å². The van der Waals surface area contributed by atoms with Gasteiger partial charge in [-0.3, -0.25) is 0 Å². The lowest BCUT2D eigenvalue weighted by Gasteiger charge is -2.05. The monoisotopic (exact) mass is 358 g/mol. The second-order valence-electron chi connectivity index (χ2n) is 2.29. The molecule has 0 atom stereocenters. The molecule has 0 aliphatic carbocycles. The van der Waals surface area contributed by atoms with Crippen molar-refractivity contribution in [1.29, 1.82) is 0 Å². The van der Waals surface area contributed by atoms with Gasteiger partial charge < -0.3 is 0 Å². The van der Waals surface area contributed by atoms with E-state index in [1.54, 1.807) is 0 Å². The second kappa shape index (κ2) is 4.72. The van der Waals surface area contributed by atoms with Crippen molar-refractivity contribution < 1.29 is 4.39 Å². The number of hydrogen-bond donors (Lipinski definition) is 0. The van der Waals surface area contributed by atoms with E-state index in [9.17, 15) is 4.39 Å². The Morgan fingerprint density at radius 1 is 1.17 bits per heavy atom. The summed E-state index contributed by atoms with van der Waals surface area (Å²) in [5.74, 6) is -0.171. The Kier molecular flexibility index (Phi) is 4.20. The molecule has 4 heteroatoms. The molecule has 1 aromatic carbocycles. The zero-order valence-electron chi connectivity index (χ0n) is 6.08. The second-order valence-corrected chi connectivity index (χ2v) is 4.33. The van der Waals surface area contributed by atoms with Gasteiger partial charge in [-0.2, -0.15) is 0 Å². The minimum Gasteiger partial charge on any atom is -0.207 e. The maximum atomic E-state index is 13.2. The van der Waals surface area contributed by atoms with E-state index in [4.69, 9.17) is 0 Å². The molecule has 0 amide bonds. The Morgan fingerprint density at radius 2 is 1.83 bits per heavy atom. The van der Waals surface area contributed by atoms with Crippen LogP contribution in [-0.4, -0.2) is 0 Å². The van der Waals surface area contributed by atoms with Gasteiger partial charge in [0.2, 0.25) is 0 Å². The first-order valence-corrected chi connectivity index (χ1v) is 6.31. The van der Waals surface area contributed by atoms with Crippen LogP contribution in [-0.2, 0) is 10.7 Å². The van der Waals surface area contributed by atoms with Gasteiger partial charge in [0, 0.05) is 20.7 Å². The lowest BCUT2D eigenvalue weighted by atomic mass is 10.1. The van der Waals surface area contributed by atoms with Gasteiger partial charge in [-0.1, -0.05) is 47.8 Å². The molecular weight excluding hydrogens is 355 g/mol. The van der Waals surface area contributed by atoms with Gasteiger partial charge in [0.05, 0.1) is 0 Å². The minimum atomic E-state index is -0.171. The molecule has 0 aliphatic heterocycles. The van der Waals surface area contributed by atoms with E-state index in [-0.39, 0.29) is 5.82 Å². The molecule has 12 heavy (non-hydrogen) atoms. The first kappa shape index (κ1) is 10.7. The highest BCUT2D eigenvalue weighted by atomic mass is 79.9. The van der Waals surface area contributed by atoms with E-state index < -0.39 is 0 Å². The van der Waals surface area contributed by atoms with Crippen molar-refractivity contribution in [3.8, 4) is 0 Å². The average molecular weight is 361 g/mol. The third-order valence-corrected chi connectivity index (χ3v) is 3.15. The van der Waals surface area contributed by atoms with E-state index >= 15 is 0 Å². The average Bonchev–Trinajstić information content (AvgIpc) is 2.03. The van der Waals surface area contributed by atoms with Crippen molar-refractivity contribution in [2.75, 3.05) is 0 Å². The van der Waals surface area contributed by atoms with Crippen LogP contribution >= 0.6 is 47.8 Å². The highest BCUT2D eigenvalue weighted by Crippen LogP contribution is 2.24. The zero-order valence-corrected chi connectivity index (χ0v) is 10.8. The van der Waals surface area contributed by atoms with E-state index in [0.717, 1.165) is 15.6 Å². The third-order valence-electron chi connectivity index (χ3n) is 1.53. The molecule has 0 heterocycles. The highest BCUT2D eigenvalue weighted by Gasteiger charge is 2.07. The Morgan fingerprint density at radius 3 is 2.33 bits per heavy atom. The molecule has 66 valence electrons. The molecule has 1 aromatic rings. The molecule has 0 radical (unpaired) electrons.